The molecule has 0 aliphatic rings. The Balaban J connectivity index is 1.75. The van der Waals surface area contributed by atoms with Gasteiger partial charge in [0.1, 0.15) is 0 Å². The van der Waals surface area contributed by atoms with Crippen LogP contribution < -0.4 is 0 Å². The average molecular weight is 283 g/mol. The van der Waals surface area contributed by atoms with Crippen molar-refractivity contribution in [1.29, 1.82) is 0 Å². The molecule has 3 rings (SSSR count). The molecule has 20 heavy (non-hydrogen) atoms. The van der Waals surface area contributed by atoms with Crippen molar-refractivity contribution in [3.05, 3.63) is 66.4 Å². The van der Waals surface area contributed by atoms with E-state index in [0.29, 0.717) is 0 Å². The summed E-state index contributed by atoms with van der Waals surface area (Å²) < 4.78 is 2.23. The second-order valence-corrected chi connectivity index (χ2v) is 5.85. The maximum atomic E-state index is 9.46. The first-order valence-electron chi connectivity index (χ1n) is 6.74. The molecule has 0 saturated heterocycles. The van der Waals surface area contributed by atoms with E-state index in [1.807, 2.05) is 30.0 Å². The molecule has 1 aromatic heterocycles. The minimum atomic E-state index is 0.0905. The third-order valence-electron chi connectivity index (χ3n) is 3.39. The minimum Gasteiger partial charge on any atom is -0.392 e. The number of aliphatic hydroxyl groups excluding tert-OH is 1. The molecule has 0 unspecified atom stereocenters. The molecular formula is C17H17NOS. The molecular weight excluding hydrogens is 266 g/mol. The van der Waals surface area contributed by atoms with Crippen LogP contribution in [0.3, 0.4) is 0 Å². The Labute approximate surface area is 123 Å². The van der Waals surface area contributed by atoms with Gasteiger partial charge in [-0.05, 0) is 23.6 Å². The van der Waals surface area contributed by atoms with E-state index in [1.165, 1.54) is 10.3 Å². The Morgan fingerprint density at radius 3 is 2.60 bits per heavy atom. The highest BCUT2D eigenvalue weighted by molar-refractivity contribution is 7.99. The van der Waals surface area contributed by atoms with E-state index >= 15 is 0 Å². The average Bonchev–Trinajstić information content (AvgIpc) is 2.92. The Hall–Kier alpha value is -1.71. The number of aliphatic hydroxyl groups is 1. The normalized spacial score (nSPS) is 11.1. The molecule has 0 bridgehead atoms. The van der Waals surface area contributed by atoms with Crippen molar-refractivity contribution in [1.82, 2.24) is 4.57 Å². The SMILES string of the molecule is OCc1cccc2ccn(CCSc3ccccc3)c12. The smallest absolute Gasteiger partial charge is 0.0702 e. The van der Waals surface area contributed by atoms with Crippen molar-refractivity contribution >= 4 is 22.7 Å². The monoisotopic (exact) mass is 283 g/mol. The summed E-state index contributed by atoms with van der Waals surface area (Å²) in [6.07, 6.45) is 2.11. The van der Waals surface area contributed by atoms with Gasteiger partial charge in [-0.3, -0.25) is 0 Å². The summed E-state index contributed by atoms with van der Waals surface area (Å²) in [5.41, 5.74) is 2.15. The van der Waals surface area contributed by atoms with Gasteiger partial charge in [-0.15, -0.1) is 11.8 Å². The number of aromatic nitrogens is 1. The Bertz CT molecular complexity index is 691. The van der Waals surface area contributed by atoms with Crippen molar-refractivity contribution in [3.63, 3.8) is 0 Å². The molecule has 0 amide bonds. The van der Waals surface area contributed by atoms with E-state index in [1.54, 1.807) is 0 Å². The molecule has 0 fully saturated rings. The third kappa shape index (κ3) is 2.74. The van der Waals surface area contributed by atoms with Crippen molar-refractivity contribution in [2.75, 3.05) is 5.75 Å². The van der Waals surface area contributed by atoms with Crippen LogP contribution in [0, 0.1) is 0 Å². The first-order valence-corrected chi connectivity index (χ1v) is 7.72. The van der Waals surface area contributed by atoms with Crippen LogP contribution in [-0.2, 0) is 13.2 Å². The molecule has 0 aliphatic heterocycles. The number of hydrogen-bond donors (Lipinski definition) is 1. The maximum absolute atomic E-state index is 9.46. The van der Waals surface area contributed by atoms with E-state index in [-0.39, 0.29) is 6.61 Å². The summed E-state index contributed by atoms with van der Waals surface area (Å²) in [6, 6.07) is 18.6. The predicted molar refractivity (Wildman–Crippen MR) is 85.0 cm³/mol. The van der Waals surface area contributed by atoms with Gasteiger partial charge in [0.2, 0.25) is 0 Å². The summed E-state index contributed by atoms with van der Waals surface area (Å²) >= 11 is 1.86. The van der Waals surface area contributed by atoms with Crippen molar-refractivity contribution in [2.24, 2.45) is 0 Å². The van der Waals surface area contributed by atoms with Crippen molar-refractivity contribution in [2.45, 2.75) is 18.0 Å². The van der Waals surface area contributed by atoms with E-state index < -0.39 is 0 Å². The molecule has 0 radical (unpaired) electrons. The predicted octanol–water partition coefficient (Wildman–Crippen LogP) is 3.93. The molecule has 0 atom stereocenters. The number of thioether (sulfide) groups is 1. The second kappa shape index (κ2) is 6.16. The first kappa shape index (κ1) is 13.3. The molecule has 1 heterocycles. The van der Waals surface area contributed by atoms with Crippen LogP contribution in [0.1, 0.15) is 5.56 Å². The maximum Gasteiger partial charge on any atom is 0.0702 e. The third-order valence-corrected chi connectivity index (χ3v) is 4.38. The molecule has 0 saturated carbocycles. The summed E-state index contributed by atoms with van der Waals surface area (Å²) in [6.45, 7) is 1.03. The Kier molecular flexibility index (Phi) is 4.09. The zero-order valence-corrected chi connectivity index (χ0v) is 12.0. The van der Waals surface area contributed by atoms with E-state index in [2.05, 4.69) is 47.2 Å². The molecule has 0 spiro atoms. The number of benzene rings is 2. The summed E-state index contributed by atoms with van der Waals surface area (Å²) in [5, 5.41) is 10.7. The molecule has 1 N–H and O–H groups in total. The molecule has 2 aromatic carbocycles. The van der Waals surface area contributed by atoms with Gasteiger partial charge in [0.05, 0.1) is 12.1 Å². The van der Waals surface area contributed by atoms with Gasteiger partial charge in [-0.1, -0.05) is 36.4 Å². The largest absolute Gasteiger partial charge is 0.392 e. The van der Waals surface area contributed by atoms with Crippen LogP contribution in [0.25, 0.3) is 10.9 Å². The molecule has 3 aromatic rings. The number of para-hydroxylation sites is 1. The first-order chi connectivity index (χ1) is 9.88. The Morgan fingerprint density at radius 1 is 0.950 bits per heavy atom. The van der Waals surface area contributed by atoms with Crippen LogP contribution in [0.2, 0.25) is 0 Å². The molecule has 3 heteroatoms. The lowest BCUT2D eigenvalue weighted by atomic mass is 10.1. The fourth-order valence-electron chi connectivity index (χ4n) is 2.43. The highest BCUT2D eigenvalue weighted by atomic mass is 32.2. The zero-order valence-electron chi connectivity index (χ0n) is 11.2. The lowest BCUT2D eigenvalue weighted by Crippen LogP contribution is -2.00. The van der Waals surface area contributed by atoms with E-state index in [0.717, 1.165) is 23.4 Å². The highest BCUT2D eigenvalue weighted by Crippen LogP contribution is 2.22. The zero-order chi connectivity index (χ0) is 13.8. The summed E-state index contributed by atoms with van der Waals surface area (Å²) in [7, 11) is 0. The van der Waals surface area contributed by atoms with Crippen LogP contribution >= 0.6 is 11.8 Å². The van der Waals surface area contributed by atoms with Gasteiger partial charge in [-0.2, -0.15) is 0 Å². The molecule has 2 nitrogen and oxygen atoms in total. The lowest BCUT2D eigenvalue weighted by Gasteiger charge is -2.08. The summed E-state index contributed by atoms with van der Waals surface area (Å²) in [4.78, 5) is 1.30. The standard InChI is InChI=1S/C17H17NOS/c19-13-15-6-4-5-14-9-10-18(17(14)15)11-12-20-16-7-2-1-3-8-16/h1-10,19H,11-13H2. The molecule has 102 valence electrons. The van der Waals surface area contributed by atoms with Crippen LogP contribution in [0.15, 0.2) is 65.7 Å². The van der Waals surface area contributed by atoms with Gasteiger partial charge in [0.25, 0.3) is 0 Å². The van der Waals surface area contributed by atoms with Gasteiger partial charge in [0, 0.05) is 29.0 Å². The van der Waals surface area contributed by atoms with Gasteiger partial charge in [-0.25, -0.2) is 0 Å². The highest BCUT2D eigenvalue weighted by Gasteiger charge is 2.05. The molecule has 0 aliphatic carbocycles. The number of nitrogens with zero attached hydrogens (tertiary/aromatic N) is 1. The summed E-state index contributed by atoms with van der Waals surface area (Å²) in [5.74, 6) is 1.02. The van der Waals surface area contributed by atoms with Crippen LogP contribution in [-0.4, -0.2) is 15.4 Å². The fraction of sp³-hybridized carbons (Fsp3) is 0.176. The second-order valence-electron chi connectivity index (χ2n) is 4.68. The number of aryl methyl sites for hydroxylation is 1. The van der Waals surface area contributed by atoms with Gasteiger partial charge < -0.3 is 9.67 Å². The van der Waals surface area contributed by atoms with E-state index in [4.69, 9.17) is 0 Å². The van der Waals surface area contributed by atoms with Crippen LogP contribution in [0.4, 0.5) is 0 Å². The van der Waals surface area contributed by atoms with Gasteiger partial charge >= 0.3 is 0 Å². The Morgan fingerprint density at radius 2 is 1.80 bits per heavy atom. The topological polar surface area (TPSA) is 25.2 Å². The fourth-order valence-corrected chi connectivity index (χ4v) is 3.31. The van der Waals surface area contributed by atoms with Crippen LogP contribution in [0.5, 0.6) is 0 Å². The number of rotatable bonds is 5. The van der Waals surface area contributed by atoms with Crippen molar-refractivity contribution in [3.8, 4) is 0 Å². The van der Waals surface area contributed by atoms with Crippen molar-refractivity contribution < 1.29 is 5.11 Å². The minimum absolute atomic E-state index is 0.0905. The van der Waals surface area contributed by atoms with E-state index in [9.17, 15) is 5.11 Å². The van der Waals surface area contributed by atoms with Gasteiger partial charge in [0.15, 0.2) is 0 Å². The number of fused-ring (bicyclic) bond motifs is 1. The quantitative estimate of drug-likeness (QED) is 0.718. The lowest BCUT2D eigenvalue weighted by molar-refractivity contribution is 0.283. The number of hydrogen-bond acceptors (Lipinski definition) is 2.